The second kappa shape index (κ2) is 7.61. The van der Waals surface area contributed by atoms with Gasteiger partial charge in [0.15, 0.2) is 0 Å². The molecule has 4 atom stereocenters. The molecule has 0 spiro atoms. The Balaban J connectivity index is 1.76. The molecule has 0 N–H and O–H groups in total. The van der Waals surface area contributed by atoms with Gasteiger partial charge in [0.25, 0.3) is 0 Å². The van der Waals surface area contributed by atoms with E-state index in [9.17, 15) is 4.39 Å². The van der Waals surface area contributed by atoms with E-state index >= 15 is 0 Å². The summed E-state index contributed by atoms with van der Waals surface area (Å²) in [6.07, 6.45) is 2.48. The molecule has 2 saturated heterocycles. The van der Waals surface area contributed by atoms with E-state index in [1.165, 1.54) is 19.4 Å². The first-order chi connectivity index (χ1) is 11.1. The first kappa shape index (κ1) is 20.2. The minimum atomic E-state index is -0.936. The van der Waals surface area contributed by atoms with Crippen molar-refractivity contribution in [2.45, 2.75) is 92.0 Å². The van der Waals surface area contributed by atoms with Gasteiger partial charge in [-0.1, -0.05) is 34.6 Å². The van der Waals surface area contributed by atoms with Gasteiger partial charge in [-0.25, -0.2) is 4.39 Å². The first-order valence-corrected chi connectivity index (χ1v) is 10.3. The van der Waals surface area contributed by atoms with Crippen LogP contribution in [0.4, 0.5) is 4.39 Å². The van der Waals surface area contributed by atoms with Crippen LogP contribution in [0.3, 0.4) is 0 Å². The Morgan fingerprint density at radius 1 is 0.958 bits per heavy atom. The summed E-state index contributed by atoms with van der Waals surface area (Å²) in [5.41, 5.74) is -0.936. The molecular formula is C21H41FN2. The first-order valence-electron chi connectivity index (χ1n) is 10.3. The second-order valence-electron chi connectivity index (χ2n) is 9.69. The van der Waals surface area contributed by atoms with Gasteiger partial charge in [0.1, 0.15) is 5.67 Å². The summed E-state index contributed by atoms with van der Waals surface area (Å²) in [6, 6.07) is 1.93. The maximum atomic E-state index is 14.4. The summed E-state index contributed by atoms with van der Waals surface area (Å²) < 4.78 is 14.4. The van der Waals surface area contributed by atoms with Crippen LogP contribution in [0.1, 0.15) is 68.2 Å². The van der Waals surface area contributed by atoms with E-state index < -0.39 is 5.67 Å². The van der Waals surface area contributed by atoms with E-state index in [0.29, 0.717) is 25.2 Å². The van der Waals surface area contributed by atoms with Crippen LogP contribution < -0.4 is 0 Å². The lowest BCUT2D eigenvalue weighted by atomic mass is 9.71. The topological polar surface area (TPSA) is 6.48 Å². The molecule has 2 aliphatic heterocycles. The van der Waals surface area contributed by atoms with E-state index in [1.54, 1.807) is 0 Å². The third-order valence-corrected chi connectivity index (χ3v) is 6.95. The highest BCUT2D eigenvalue weighted by atomic mass is 19.1. The van der Waals surface area contributed by atoms with Gasteiger partial charge in [-0.15, -0.1) is 0 Å². The van der Waals surface area contributed by atoms with Crippen LogP contribution in [0.5, 0.6) is 0 Å². The lowest BCUT2D eigenvalue weighted by molar-refractivity contribution is -0.0882. The van der Waals surface area contributed by atoms with Gasteiger partial charge in [0.2, 0.25) is 0 Å². The normalized spacial score (nSPS) is 30.5. The highest BCUT2D eigenvalue weighted by molar-refractivity contribution is 5.00. The molecule has 0 saturated carbocycles. The Labute approximate surface area is 150 Å². The average molecular weight is 341 g/mol. The number of hydrogen-bond donors (Lipinski definition) is 0. The van der Waals surface area contributed by atoms with Crippen molar-refractivity contribution < 1.29 is 4.39 Å². The van der Waals surface area contributed by atoms with Crippen LogP contribution in [-0.4, -0.2) is 53.2 Å². The van der Waals surface area contributed by atoms with Crippen LogP contribution >= 0.6 is 0 Å². The number of hydrogen-bond acceptors (Lipinski definition) is 2. The molecule has 3 heteroatoms. The zero-order chi connectivity index (χ0) is 18.2. The van der Waals surface area contributed by atoms with Crippen LogP contribution in [0.2, 0.25) is 0 Å². The van der Waals surface area contributed by atoms with Crippen molar-refractivity contribution in [3.05, 3.63) is 0 Å². The number of likely N-dealkylation sites (tertiary alicyclic amines) is 2. The van der Waals surface area contributed by atoms with Gasteiger partial charge < -0.3 is 0 Å². The molecule has 0 radical (unpaired) electrons. The summed E-state index contributed by atoms with van der Waals surface area (Å²) >= 11 is 0. The average Bonchev–Trinajstić information content (AvgIpc) is 2.38. The van der Waals surface area contributed by atoms with Crippen molar-refractivity contribution >= 4 is 0 Å². The minimum Gasteiger partial charge on any atom is -0.297 e. The van der Waals surface area contributed by atoms with Gasteiger partial charge in [0.05, 0.1) is 0 Å². The Hall–Kier alpha value is -0.150. The van der Waals surface area contributed by atoms with Crippen molar-refractivity contribution in [2.24, 2.45) is 23.7 Å². The fraction of sp³-hybridized carbons (Fsp3) is 1.00. The molecule has 2 rings (SSSR count). The lowest BCUT2D eigenvalue weighted by Gasteiger charge is -2.55. The van der Waals surface area contributed by atoms with Gasteiger partial charge in [-0.05, 0) is 57.3 Å². The van der Waals surface area contributed by atoms with Crippen LogP contribution in [0.15, 0.2) is 0 Å². The third kappa shape index (κ3) is 3.98. The molecule has 2 fully saturated rings. The number of alkyl halides is 1. The van der Waals surface area contributed by atoms with E-state index in [0.717, 1.165) is 23.8 Å². The molecule has 142 valence electrons. The maximum Gasteiger partial charge on any atom is 0.138 e. The molecule has 0 aromatic carbocycles. The van der Waals surface area contributed by atoms with Crippen molar-refractivity contribution in [2.75, 3.05) is 19.6 Å². The van der Waals surface area contributed by atoms with Crippen molar-refractivity contribution in [3.63, 3.8) is 0 Å². The van der Waals surface area contributed by atoms with E-state index in [-0.39, 0.29) is 5.92 Å². The fourth-order valence-corrected chi connectivity index (χ4v) is 4.74. The lowest BCUT2D eigenvalue weighted by Crippen LogP contribution is -2.64. The monoisotopic (exact) mass is 340 g/mol. The minimum absolute atomic E-state index is 0.142. The molecule has 2 aliphatic rings. The zero-order valence-electron chi connectivity index (χ0n) is 17.3. The van der Waals surface area contributed by atoms with Gasteiger partial charge >= 0.3 is 0 Å². The summed E-state index contributed by atoms with van der Waals surface area (Å²) in [6.45, 7) is 20.7. The third-order valence-electron chi connectivity index (χ3n) is 6.95. The smallest absolute Gasteiger partial charge is 0.138 e. The molecule has 0 aromatic rings. The molecule has 24 heavy (non-hydrogen) atoms. The van der Waals surface area contributed by atoms with Gasteiger partial charge in [-0.2, -0.15) is 0 Å². The van der Waals surface area contributed by atoms with E-state index in [2.05, 4.69) is 51.3 Å². The van der Waals surface area contributed by atoms with Crippen LogP contribution in [0.25, 0.3) is 0 Å². The summed E-state index contributed by atoms with van der Waals surface area (Å²) in [7, 11) is 0. The maximum absolute atomic E-state index is 14.4. The summed E-state index contributed by atoms with van der Waals surface area (Å²) in [5, 5.41) is 0. The van der Waals surface area contributed by atoms with Crippen molar-refractivity contribution in [1.82, 2.24) is 9.80 Å². The van der Waals surface area contributed by atoms with Crippen LogP contribution in [0, 0.1) is 23.7 Å². The van der Waals surface area contributed by atoms with E-state index in [1.807, 2.05) is 13.8 Å². The van der Waals surface area contributed by atoms with Crippen molar-refractivity contribution in [1.29, 1.82) is 0 Å². The molecule has 2 heterocycles. The number of nitrogens with zero attached hydrogens (tertiary/aromatic N) is 2. The van der Waals surface area contributed by atoms with Crippen molar-refractivity contribution in [3.8, 4) is 0 Å². The predicted octanol–water partition coefficient (Wildman–Crippen LogP) is 4.84. The molecule has 0 bridgehead atoms. The van der Waals surface area contributed by atoms with Gasteiger partial charge in [-0.3, -0.25) is 9.80 Å². The zero-order valence-corrected chi connectivity index (χ0v) is 17.3. The van der Waals surface area contributed by atoms with Crippen LogP contribution in [-0.2, 0) is 0 Å². The fourth-order valence-electron chi connectivity index (χ4n) is 4.74. The standard InChI is InChI=1S/C21H41FN2/c1-14(2)20-19(11-24(20)16(5)6)17(7)9-10-18(8)23-12-21(22,13-23)15(3)4/h14-20H,9-13H2,1-8H3. The highest BCUT2D eigenvalue weighted by Gasteiger charge is 2.48. The molecule has 2 nitrogen and oxygen atoms in total. The Morgan fingerprint density at radius 2 is 1.54 bits per heavy atom. The molecular weight excluding hydrogens is 299 g/mol. The second-order valence-corrected chi connectivity index (χ2v) is 9.69. The molecule has 0 aromatic heterocycles. The molecule has 4 unspecified atom stereocenters. The molecule has 0 aliphatic carbocycles. The number of halogens is 1. The largest absolute Gasteiger partial charge is 0.297 e. The molecule has 0 amide bonds. The Bertz CT molecular complexity index is 401. The Kier molecular flexibility index (Phi) is 6.40. The quantitative estimate of drug-likeness (QED) is 0.624. The summed E-state index contributed by atoms with van der Waals surface area (Å²) in [5.74, 6) is 2.49. The number of rotatable bonds is 8. The SMILES string of the molecule is CC(C)C1C(C(C)CCC(C)N2CC(F)(C(C)C)C2)CN1C(C)C. The highest BCUT2D eigenvalue weighted by Crippen LogP contribution is 2.40. The Morgan fingerprint density at radius 3 is 2.00 bits per heavy atom. The van der Waals surface area contributed by atoms with Gasteiger partial charge in [0, 0.05) is 37.8 Å². The van der Waals surface area contributed by atoms with E-state index in [4.69, 9.17) is 0 Å². The predicted molar refractivity (Wildman–Crippen MR) is 102 cm³/mol. The summed E-state index contributed by atoms with van der Waals surface area (Å²) in [4.78, 5) is 5.01.